The topological polar surface area (TPSA) is 77.4 Å². The average molecular weight is 294 g/mol. The van der Waals surface area contributed by atoms with Gasteiger partial charge in [-0.05, 0) is 12.8 Å². The number of carboxylic acid groups (broad SMARTS) is 1. The van der Waals surface area contributed by atoms with Gasteiger partial charge in [0.25, 0.3) is 0 Å². The van der Waals surface area contributed by atoms with Crippen molar-refractivity contribution in [3.63, 3.8) is 0 Å². The van der Waals surface area contributed by atoms with E-state index in [1.165, 1.54) is 19.3 Å². The van der Waals surface area contributed by atoms with Crippen LogP contribution in [0.3, 0.4) is 0 Å². The van der Waals surface area contributed by atoms with Gasteiger partial charge in [0.15, 0.2) is 11.4 Å². The molecule has 0 fully saturated rings. The second kappa shape index (κ2) is 12.8. The summed E-state index contributed by atoms with van der Waals surface area (Å²) in [4.78, 5) is 22.6. The monoisotopic (exact) mass is 294 g/mol. The van der Waals surface area contributed by atoms with Crippen LogP contribution in [0.2, 0.25) is 0 Å². The fourth-order valence-corrected chi connectivity index (χ4v) is 2.17. The molecule has 1 atom stereocenters. The van der Waals surface area contributed by atoms with Crippen molar-refractivity contribution < 1.29 is 49.4 Å². The van der Waals surface area contributed by atoms with Crippen LogP contribution in [-0.4, -0.2) is 22.5 Å². The number of Topliss-reactive ketones (excluding diaryl/α,β-unsaturated/α-hetero) is 1. The van der Waals surface area contributed by atoms with Gasteiger partial charge in [0, 0.05) is 6.42 Å². The number of carbonyl (C=O) groups is 2. The van der Waals surface area contributed by atoms with E-state index < -0.39 is 17.4 Å². The van der Waals surface area contributed by atoms with Crippen LogP contribution in [0.25, 0.3) is 0 Å². The predicted octanol–water partition coefficient (Wildman–Crippen LogP) is -1.02. The Morgan fingerprint density at radius 2 is 1.45 bits per heavy atom. The Labute approximate surface area is 144 Å². The zero-order chi connectivity index (χ0) is 14.7. The number of ketones is 1. The SMILES string of the molecule is CCCCCCCCCC(=O)C(O)(CCC)C(=O)[O-].[Na+]. The van der Waals surface area contributed by atoms with Crippen LogP contribution in [-0.2, 0) is 9.59 Å². The van der Waals surface area contributed by atoms with Gasteiger partial charge in [-0.2, -0.15) is 0 Å². The largest absolute Gasteiger partial charge is 1.00 e. The fourth-order valence-electron chi connectivity index (χ4n) is 2.17. The van der Waals surface area contributed by atoms with Gasteiger partial charge in [-0.25, -0.2) is 0 Å². The second-order valence-corrected chi connectivity index (χ2v) is 5.19. The van der Waals surface area contributed by atoms with Crippen LogP contribution in [0, 0.1) is 0 Å². The molecule has 0 aliphatic carbocycles. The summed E-state index contributed by atoms with van der Waals surface area (Å²) in [5.41, 5.74) is -2.28. The first kappa shape index (κ1) is 22.4. The summed E-state index contributed by atoms with van der Waals surface area (Å²) >= 11 is 0. The summed E-state index contributed by atoms with van der Waals surface area (Å²) in [5, 5.41) is 20.7. The van der Waals surface area contributed by atoms with Gasteiger partial charge < -0.3 is 15.0 Å². The molecule has 0 bridgehead atoms. The standard InChI is InChI=1S/C15H28O4.Na/c1-3-5-6-7-8-9-10-11-13(16)15(19,12-4-2)14(17)18;/h19H,3-12H2,1-2H3,(H,17,18);/q;+1/p-1. The minimum Gasteiger partial charge on any atom is -0.547 e. The zero-order valence-corrected chi connectivity index (χ0v) is 15.2. The third-order valence-corrected chi connectivity index (χ3v) is 3.42. The van der Waals surface area contributed by atoms with E-state index >= 15 is 0 Å². The van der Waals surface area contributed by atoms with Gasteiger partial charge in [0.2, 0.25) is 0 Å². The summed E-state index contributed by atoms with van der Waals surface area (Å²) in [6, 6.07) is 0. The minimum atomic E-state index is -2.28. The molecule has 0 aromatic carbocycles. The molecule has 0 aromatic heterocycles. The Morgan fingerprint density at radius 3 is 1.90 bits per heavy atom. The molecular formula is C15H27NaO4. The molecule has 0 spiro atoms. The molecule has 0 saturated heterocycles. The summed E-state index contributed by atoms with van der Waals surface area (Å²) in [6.07, 6.45) is 7.91. The number of hydrogen-bond donors (Lipinski definition) is 1. The molecule has 1 unspecified atom stereocenters. The Balaban J connectivity index is 0. The summed E-state index contributed by atoms with van der Waals surface area (Å²) in [7, 11) is 0. The van der Waals surface area contributed by atoms with Crippen molar-refractivity contribution in [3.8, 4) is 0 Å². The van der Waals surface area contributed by atoms with Gasteiger partial charge in [0.1, 0.15) is 0 Å². The predicted molar refractivity (Wildman–Crippen MR) is 72.5 cm³/mol. The molecule has 0 rings (SSSR count). The third-order valence-electron chi connectivity index (χ3n) is 3.42. The molecule has 112 valence electrons. The first-order valence-electron chi connectivity index (χ1n) is 7.46. The van der Waals surface area contributed by atoms with Crippen LogP contribution in [0.15, 0.2) is 0 Å². The van der Waals surface area contributed by atoms with Gasteiger partial charge >= 0.3 is 29.6 Å². The number of hydrogen-bond acceptors (Lipinski definition) is 4. The molecule has 0 aromatic rings. The first-order valence-corrected chi connectivity index (χ1v) is 7.46. The Hall–Kier alpha value is 0.100. The van der Waals surface area contributed by atoms with Crippen LogP contribution in [0.4, 0.5) is 0 Å². The molecular weight excluding hydrogens is 267 g/mol. The van der Waals surface area contributed by atoms with Crippen LogP contribution in [0.5, 0.6) is 0 Å². The normalized spacial score (nSPS) is 13.3. The van der Waals surface area contributed by atoms with E-state index in [0.29, 0.717) is 12.8 Å². The number of aliphatic hydroxyl groups is 1. The molecule has 0 amide bonds. The molecule has 5 heteroatoms. The summed E-state index contributed by atoms with van der Waals surface area (Å²) in [5.74, 6) is -2.27. The Kier molecular flexibility index (Phi) is 14.3. The second-order valence-electron chi connectivity index (χ2n) is 5.19. The average Bonchev–Trinajstić information content (AvgIpc) is 2.37. The van der Waals surface area contributed by atoms with Crippen molar-refractivity contribution in [2.24, 2.45) is 0 Å². The number of aliphatic carboxylic acids is 1. The van der Waals surface area contributed by atoms with E-state index in [0.717, 1.165) is 19.3 Å². The van der Waals surface area contributed by atoms with Crippen molar-refractivity contribution in [1.29, 1.82) is 0 Å². The zero-order valence-electron chi connectivity index (χ0n) is 13.2. The fraction of sp³-hybridized carbons (Fsp3) is 0.867. The minimum absolute atomic E-state index is 0. The van der Waals surface area contributed by atoms with Crippen LogP contribution in [0.1, 0.15) is 78.1 Å². The Bertz CT molecular complexity index is 281. The van der Waals surface area contributed by atoms with E-state index in [-0.39, 0.29) is 42.4 Å². The summed E-state index contributed by atoms with van der Waals surface area (Å²) < 4.78 is 0. The summed E-state index contributed by atoms with van der Waals surface area (Å²) in [6.45, 7) is 3.89. The van der Waals surface area contributed by atoms with Gasteiger partial charge in [0.05, 0.1) is 5.97 Å². The molecule has 1 N–H and O–H groups in total. The van der Waals surface area contributed by atoms with Crippen molar-refractivity contribution >= 4 is 11.8 Å². The molecule has 0 heterocycles. The van der Waals surface area contributed by atoms with Crippen molar-refractivity contribution in [2.45, 2.75) is 83.7 Å². The maximum atomic E-state index is 11.8. The maximum Gasteiger partial charge on any atom is 1.00 e. The number of carbonyl (C=O) groups excluding carboxylic acids is 2. The van der Waals surface area contributed by atoms with Crippen LogP contribution < -0.4 is 34.7 Å². The number of unbranched alkanes of at least 4 members (excludes halogenated alkanes) is 6. The van der Waals surface area contributed by atoms with Gasteiger partial charge in [-0.15, -0.1) is 0 Å². The van der Waals surface area contributed by atoms with Gasteiger partial charge in [-0.1, -0.05) is 58.8 Å². The third kappa shape index (κ3) is 8.40. The van der Waals surface area contributed by atoms with E-state index in [1.54, 1.807) is 6.92 Å². The maximum absolute atomic E-state index is 11.8. The Morgan fingerprint density at radius 1 is 0.950 bits per heavy atom. The molecule has 4 nitrogen and oxygen atoms in total. The smallest absolute Gasteiger partial charge is 0.547 e. The van der Waals surface area contributed by atoms with E-state index in [9.17, 15) is 19.8 Å². The van der Waals surface area contributed by atoms with Crippen molar-refractivity contribution in [1.82, 2.24) is 0 Å². The number of rotatable bonds is 12. The van der Waals surface area contributed by atoms with E-state index in [2.05, 4.69) is 6.92 Å². The molecule has 20 heavy (non-hydrogen) atoms. The van der Waals surface area contributed by atoms with E-state index in [1.807, 2.05) is 0 Å². The van der Waals surface area contributed by atoms with Crippen molar-refractivity contribution in [2.75, 3.05) is 0 Å². The first-order chi connectivity index (χ1) is 8.99. The quantitative estimate of drug-likeness (QED) is 0.284. The van der Waals surface area contributed by atoms with Crippen LogP contribution >= 0.6 is 0 Å². The molecule has 0 radical (unpaired) electrons. The van der Waals surface area contributed by atoms with Crippen molar-refractivity contribution in [3.05, 3.63) is 0 Å². The van der Waals surface area contributed by atoms with E-state index in [4.69, 9.17) is 0 Å². The number of carboxylic acids is 1. The van der Waals surface area contributed by atoms with Gasteiger partial charge in [-0.3, -0.25) is 4.79 Å². The molecule has 0 saturated carbocycles. The molecule has 0 aliphatic rings. The molecule has 0 aliphatic heterocycles.